The van der Waals surface area contributed by atoms with Crippen molar-refractivity contribution in [2.75, 3.05) is 26.2 Å². The highest BCUT2D eigenvalue weighted by Crippen LogP contribution is 2.20. The van der Waals surface area contributed by atoms with Gasteiger partial charge in [-0.05, 0) is 43.2 Å². The molecular weight excluding hydrogens is 364 g/mol. The molecule has 1 aromatic carbocycles. The SMILES string of the molecule is CC(N)C1CCCN(C(=O)CCNC(=O)N2CCc3ccccc3C2)C1.Cl. The van der Waals surface area contributed by atoms with Crippen LogP contribution in [0.25, 0.3) is 0 Å². The second-order valence-corrected chi connectivity index (χ2v) is 7.52. The van der Waals surface area contributed by atoms with Crippen LogP contribution in [-0.2, 0) is 17.8 Å². The zero-order valence-electron chi connectivity index (χ0n) is 16.0. The van der Waals surface area contributed by atoms with E-state index in [1.165, 1.54) is 11.1 Å². The number of likely N-dealkylation sites (tertiary alicyclic amines) is 1. The molecule has 0 radical (unpaired) electrons. The molecule has 0 spiro atoms. The minimum atomic E-state index is -0.0839. The maximum absolute atomic E-state index is 12.4. The molecule has 3 amide bonds. The standard InChI is InChI=1S/C20H30N4O2.ClH/c1-15(21)17-7-4-11-23(13-17)19(25)8-10-22-20(26)24-12-9-16-5-2-3-6-18(16)14-24;/h2-3,5-6,15,17H,4,7-14,21H2,1H3,(H,22,26);1H. The van der Waals surface area contributed by atoms with Gasteiger partial charge in [0.05, 0.1) is 0 Å². The van der Waals surface area contributed by atoms with Crippen LogP contribution in [0.2, 0.25) is 0 Å². The van der Waals surface area contributed by atoms with Crippen LogP contribution in [-0.4, -0.2) is 54.0 Å². The number of fused-ring (bicyclic) bond motifs is 1. The van der Waals surface area contributed by atoms with Crippen LogP contribution in [0.4, 0.5) is 4.79 Å². The predicted octanol–water partition coefficient (Wildman–Crippen LogP) is 2.15. The van der Waals surface area contributed by atoms with E-state index in [1.54, 1.807) is 0 Å². The number of hydrogen-bond acceptors (Lipinski definition) is 3. The first-order valence-electron chi connectivity index (χ1n) is 9.67. The topological polar surface area (TPSA) is 78.7 Å². The Morgan fingerprint density at radius 2 is 1.96 bits per heavy atom. The van der Waals surface area contributed by atoms with Crippen LogP contribution < -0.4 is 11.1 Å². The number of nitrogens with one attached hydrogen (secondary N) is 1. The molecule has 0 saturated carbocycles. The van der Waals surface area contributed by atoms with Gasteiger partial charge in [0.25, 0.3) is 0 Å². The number of carbonyl (C=O) groups excluding carboxylic acids is 2. The lowest BCUT2D eigenvalue weighted by atomic mass is 9.92. The highest BCUT2D eigenvalue weighted by Gasteiger charge is 2.26. The molecular formula is C20H31ClN4O2. The summed E-state index contributed by atoms with van der Waals surface area (Å²) < 4.78 is 0. The lowest BCUT2D eigenvalue weighted by Gasteiger charge is -2.34. The maximum Gasteiger partial charge on any atom is 0.317 e. The van der Waals surface area contributed by atoms with Crippen molar-refractivity contribution < 1.29 is 9.59 Å². The van der Waals surface area contributed by atoms with E-state index in [2.05, 4.69) is 17.4 Å². The lowest BCUT2D eigenvalue weighted by Crippen LogP contribution is -2.46. The number of rotatable bonds is 4. The van der Waals surface area contributed by atoms with E-state index < -0.39 is 0 Å². The summed E-state index contributed by atoms with van der Waals surface area (Å²) in [5.41, 5.74) is 8.51. The first-order chi connectivity index (χ1) is 12.5. The molecule has 0 aromatic heterocycles. The second-order valence-electron chi connectivity index (χ2n) is 7.52. The number of carbonyl (C=O) groups is 2. The molecule has 0 bridgehead atoms. The highest BCUT2D eigenvalue weighted by atomic mass is 35.5. The number of benzene rings is 1. The van der Waals surface area contributed by atoms with Crippen LogP contribution in [0.15, 0.2) is 24.3 Å². The fourth-order valence-electron chi connectivity index (χ4n) is 3.88. The minimum Gasteiger partial charge on any atom is -0.342 e. The quantitative estimate of drug-likeness (QED) is 0.821. The van der Waals surface area contributed by atoms with Gasteiger partial charge in [-0.3, -0.25) is 4.79 Å². The van der Waals surface area contributed by atoms with Crippen molar-refractivity contribution in [2.45, 2.75) is 45.2 Å². The van der Waals surface area contributed by atoms with Crippen molar-refractivity contribution in [1.29, 1.82) is 0 Å². The van der Waals surface area contributed by atoms with Gasteiger partial charge in [-0.2, -0.15) is 0 Å². The monoisotopic (exact) mass is 394 g/mol. The number of piperidine rings is 1. The van der Waals surface area contributed by atoms with Crippen molar-refractivity contribution in [2.24, 2.45) is 11.7 Å². The highest BCUT2D eigenvalue weighted by molar-refractivity contribution is 5.85. The molecule has 6 nitrogen and oxygen atoms in total. The summed E-state index contributed by atoms with van der Waals surface area (Å²) in [6.45, 7) is 5.30. The molecule has 1 aromatic rings. The van der Waals surface area contributed by atoms with E-state index in [0.717, 1.165) is 38.9 Å². The summed E-state index contributed by atoms with van der Waals surface area (Å²) in [5.74, 6) is 0.496. The van der Waals surface area contributed by atoms with E-state index in [9.17, 15) is 9.59 Å². The Hall–Kier alpha value is -1.79. The van der Waals surface area contributed by atoms with Gasteiger partial charge in [0.2, 0.25) is 5.91 Å². The van der Waals surface area contributed by atoms with Crippen molar-refractivity contribution in [3.05, 3.63) is 35.4 Å². The van der Waals surface area contributed by atoms with Gasteiger partial charge in [-0.25, -0.2) is 4.79 Å². The van der Waals surface area contributed by atoms with Crippen molar-refractivity contribution >= 4 is 24.3 Å². The molecule has 2 unspecified atom stereocenters. The summed E-state index contributed by atoms with van der Waals surface area (Å²) in [7, 11) is 0. The van der Waals surface area contributed by atoms with E-state index in [-0.39, 0.29) is 30.4 Å². The number of urea groups is 1. The Bertz CT molecular complexity index is 653. The molecule has 2 aliphatic heterocycles. The van der Waals surface area contributed by atoms with Crippen LogP contribution in [0.1, 0.15) is 37.3 Å². The molecule has 150 valence electrons. The molecule has 2 heterocycles. The lowest BCUT2D eigenvalue weighted by molar-refractivity contribution is -0.132. The molecule has 1 fully saturated rings. The fourth-order valence-corrected chi connectivity index (χ4v) is 3.88. The summed E-state index contributed by atoms with van der Waals surface area (Å²) in [4.78, 5) is 28.5. The van der Waals surface area contributed by atoms with E-state index >= 15 is 0 Å². The molecule has 3 N–H and O–H groups in total. The average molecular weight is 395 g/mol. The van der Waals surface area contributed by atoms with Gasteiger partial charge in [-0.15, -0.1) is 12.4 Å². The average Bonchev–Trinajstić information content (AvgIpc) is 2.67. The second kappa shape index (κ2) is 9.95. The Labute approximate surface area is 167 Å². The summed E-state index contributed by atoms with van der Waals surface area (Å²) in [6, 6.07) is 8.27. The Morgan fingerprint density at radius 1 is 1.22 bits per heavy atom. The van der Waals surface area contributed by atoms with Crippen molar-refractivity contribution in [3.8, 4) is 0 Å². The van der Waals surface area contributed by atoms with E-state index in [4.69, 9.17) is 5.73 Å². The number of amides is 3. The van der Waals surface area contributed by atoms with Gasteiger partial charge in [0.15, 0.2) is 0 Å². The van der Waals surface area contributed by atoms with Crippen LogP contribution in [0.3, 0.4) is 0 Å². The molecule has 0 aliphatic carbocycles. The predicted molar refractivity (Wildman–Crippen MR) is 109 cm³/mol. The normalized spacial score (nSPS) is 20.3. The molecule has 3 rings (SSSR count). The zero-order chi connectivity index (χ0) is 18.5. The van der Waals surface area contributed by atoms with Crippen LogP contribution >= 0.6 is 12.4 Å². The summed E-state index contributed by atoms with van der Waals surface area (Å²) in [5, 5.41) is 2.90. The Morgan fingerprint density at radius 3 is 2.70 bits per heavy atom. The minimum absolute atomic E-state index is 0. The van der Waals surface area contributed by atoms with Gasteiger partial charge < -0.3 is 20.9 Å². The van der Waals surface area contributed by atoms with E-state index in [1.807, 2.05) is 28.9 Å². The largest absolute Gasteiger partial charge is 0.342 e. The first kappa shape index (κ1) is 21.5. The smallest absolute Gasteiger partial charge is 0.317 e. The van der Waals surface area contributed by atoms with Gasteiger partial charge >= 0.3 is 6.03 Å². The summed E-state index contributed by atoms with van der Waals surface area (Å²) in [6.07, 6.45) is 3.34. The van der Waals surface area contributed by atoms with Crippen LogP contribution in [0, 0.1) is 5.92 Å². The van der Waals surface area contributed by atoms with E-state index in [0.29, 0.717) is 25.4 Å². The Balaban J connectivity index is 0.00000261. The number of nitrogens with two attached hydrogens (primary N) is 1. The number of halogens is 1. The van der Waals surface area contributed by atoms with Crippen molar-refractivity contribution in [1.82, 2.24) is 15.1 Å². The molecule has 2 aliphatic rings. The van der Waals surface area contributed by atoms with Gasteiger partial charge in [0, 0.05) is 45.2 Å². The van der Waals surface area contributed by atoms with Gasteiger partial charge in [0.1, 0.15) is 0 Å². The summed E-state index contributed by atoms with van der Waals surface area (Å²) >= 11 is 0. The Kier molecular flexibility index (Phi) is 7.92. The molecule has 1 saturated heterocycles. The van der Waals surface area contributed by atoms with Crippen molar-refractivity contribution in [3.63, 3.8) is 0 Å². The third kappa shape index (κ3) is 5.59. The maximum atomic E-state index is 12.4. The third-order valence-corrected chi connectivity index (χ3v) is 5.59. The first-order valence-corrected chi connectivity index (χ1v) is 9.67. The molecule has 7 heteroatoms. The molecule has 27 heavy (non-hydrogen) atoms. The zero-order valence-corrected chi connectivity index (χ0v) is 16.8. The number of hydrogen-bond donors (Lipinski definition) is 2. The van der Waals surface area contributed by atoms with Crippen LogP contribution in [0.5, 0.6) is 0 Å². The fraction of sp³-hybridized carbons (Fsp3) is 0.600. The molecule has 2 atom stereocenters. The number of nitrogens with zero attached hydrogens (tertiary/aromatic N) is 2. The third-order valence-electron chi connectivity index (χ3n) is 5.59. The van der Waals surface area contributed by atoms with Gasteiger partial charge in [-0.1, -0.05) is 24.3 Å².